The van der Waals surface area contributed by atoms with Crippen molar-refractivity contribution in [3.05, 3.63) is 0 Å². The van der Waals surface area contributed by atoms with Crippen LogP contribution in [0.15, 0.2) is 0 Å². The lowest BCUT2D eigenvalue weighted by Gasteiger charge is -2.26. The molecule has 1 saturated heterocycles. The van der Waals surface area contributed by atoms with Crippen LogP contribution >= 0.6 is 0 Å². The van der Waals surface area contributed by atoms with Gasteiger partial charge in [0.2, 0.25) is 0 Å². The third-order valence-electron chi connectivity index (χ3n) is 3.08. The van der Waals surface area contributed by atoms with Crippen molar-refractivity contribution in [2.24, 2.45) is 5.92 Å². The van der Waals surface area contributed by atoms with Crippen molar-refractivity contribution in [1.82, 2.24) is 5.32 Å². The van der Waals surface area contributed by atoms with E-state index in [2.05, 4.69) is 5.32 Å². The highest BCUT2D eigenvalue weighted by atomic mass is 16.6. The first-order chi connectivity index (χ1) is 7.46. The van der Waals surface area contributed by atoms with E-state index in [9.17, 15) is 4.79 Å². The van der Waals surface area contributed by atoms with E-state index in [1.807, 2.05) is 20.8 Å². The van der Waals surface area contributed by atoms with E-state index in [1.54, 1.807) is 0 Å². The molecular weight excluding hydrogens is 206 g/mol. The molecule has 0 radical (unpaired) electrons. The molecule has 2 fully saturated rings. The van der Waals surface area contributed by atoms with Gasteiger partial charge in [-0.05, 0) is 33.6 Å². The fraction of sp³-hybridized carbons (Fsp3) is 0.917. The third kappa shape index (κ3) is 2.74. The van der Waals surface area contributed by atoms with Crippen molar-refractivity contribution in [2.75, 3.05) is 13.2 Å². The third-order valence-corrected chi connectivity index (χ3v) is 3.08. The van der Waals surface area contributed by atoms with Gasteiger partial charge >= 0.3 is 5.97 Å². The van der Waals surface area contributed by atoms with Gasteiger partial charge in [0.05, 0.1) is 18.6 Å². The fourth-order valence-corrected chi connectivity index (χ4v) is 2.43. The number of morpholine rings is 1. The SMILES string of the molecule is CC(C)(C)OC(=O)C1CC2NCCOC2C1. The Morgan fingerprint density at radius 1 is 1.38 bits per heavy atom. The maximum atomic E-state index is 11.9. The number of carbonyl (C=O) groups is 1. The van der Waals surface area contributed by atoms with Gasteiger partial charge in [0, 0.05) is 12.6 Å². The van der Waals surface area contributed by atoms with Crippen LogP contribution in [0.5, 0.6) is 0 Å². The second-order valence-corrected chi connectivity index (χ2v) is 5.67. The predicted octanol–water partition coefficient (Wildman–Crippen LogP) is 1.10. The van der Waals surface area contributed by atoms with Gasteiger partial charge in [0.1, 0.15) is 5.60 Å². The lowest BCUT2D eigenvalue weighted by Crippen LogP contribution is -2.44. The lowest BCUT2D eigenvalue weighted by molar-refractivity contribution is -0.160. The summed E-state index contributed by atoms with van der Waals surface area (Å²) in [5.74, 6) is -0.0767. The van der Waals surface area contributed by atoms with Crippen molar-refractivity contribution in [3.8, 4) is 0 Å². The Balaban J connectivity index is 1.90. The summed E-state index contributed by atoms with van der Waals surface area (Å²) in [4.78, 5) is 11.9. The maximum Gasteiger partial charge on any atom is 0.309 e. The van der Waals surface area contributed by atoms with Crippen LogP contribution in [-0.4, -0.2) is 36.9 Å². The number of rotatable bonds is 1. The smallest absolute Gasteiger partial charge is 0.309 e. The first-order valence-electron chi connectivity index (χ1n) is 6.03. The highest BCUT2D eigenvalue weighted by Crippen LogP contribution is 2.31. The van der Waals surface area contributed by atoms with Gasteiger partial charge < -0.3 is 14.8 Å². The highest BCUT2D eigenvalue weighted by molar-refractivity contribution is 5.73. The summed E-state index contributed by atoms with van der Waals surface area (Å²) in [5.41, 5.74) is -0.390. The molecule has 0 aromatic heterocycles. The first kappa shape index (κ1) is 11.9. The molecule has 0 bridgehead atoms. The van der Waals surface area contributed by atoms with Crippen LogP contribution in [0, 0.1) is 5.92 Å². The molecule has 0 aromatic rings. The van der Waals surface area contributed by atoms with E-state index in [0.717, 1.165) is 26.0 Å². The largest absolute Gasteiger partial charge is 0.460 e. The summed E-state index contributed by atoms with van der Waals surface area (Å²) in [6.07, 6.45) is 1.85. The first-order valence-corrected chi connectivity index (χ1v) is 6.03. The molecule has 1 heterocycles. The normalized spacial score (nSPS) is 34.6. The Bertz CT molecular complexity index is 258. The quantitative estimate of drug-likeness (QED) is 0.681. The minimum Gasteiger partial charge on any atom is -0.460 e. The standard InChI is InChI=1S/C12H21NO3/c1-12(2,3)16-11(14)8-6-9-10(7-8)15-5-4-13-9/h8-10,13H,4-7H2,1-3H3. The lowest BCUT2D eigenvalue weighted by atomic mass is 10.1. The molecule has 0 amide bonds. The molecule has 1 aliphatic heterocycles. The molecule has 1 aliphatic carbocycles. The monoisotopic (exact) mass is 227 g/mol. The summed E-state index contributed by atoms with van der Waals surface area (Å²) in [6.45, 7) is 7.36. The van der Waals surface area contributed by atoms with Crippen molar-refractivity contribution in [1.29, 1.82) is 0 Å². The Morgan fingerprint density at radius 3 is 2.75 bits per heavy atom. The number of hydrogen-bond acceptors (Lipinski definition) is 4. The Hall–Kier alpha value is -0.610. The number of esters is 1. The van der Waals surface area contributed by atoms with E-state index in [4.69, 9.17) is 9.47 Å². The van der Waals surface area contributed by atoms with E-state index >= 15 is 0 Å². The van der Waals surface area contributed by atoms with Crippen LogP contribution in [0.1, 0.15) is 33.6 Å². The summed E-state index contributed by atoms with van der Waals surface area (Å²) in [5, 5.41) is 3.40. The molecule has 4 nitrogen and oxygen atoms in total. The topological polar surface area (TPSA) is 47.6 Å². The molecule has 0 spiro atoms. The minimum atomic E-state index is -0.390. The van der Waals surface area contributed by atoms with Gasteiger partial charge in [-0.15, -0.1) is 0 Å². The summed E-state index contributed by atoms with van der Waals surface area (Å²) in [7, 11) is 0. The van der Waals surface area contributed by atoms with E-state index in [0.29, 0.717) is 6.04 Å². The van der Waals surface area contributed by atoms with Crippen LogP contribution in [-0.2, 0) is 14.3 Å². The zero-order chi connectivity index (χ0) is 11.8. The van der Waals surface area contributed by atoms with Gasteiger partial charge in [-0.2, -0.15) is 0 Å². The van der Waals surface area contributed by atoms with Crippen LogP contribution in [0.3, 0.4) is 0 Å². The number of ether oxygens (including phenoxy) is 2. The maximum absolute atomic E-state index is 11.9. The van der Waals surface area contributed by atoms with Gasteiger partial charge in [0.25, 0.3) is 0 Å². The second-order valence-electron chi connectivity index (χ2n) is 5.67. The number of fused-ring (bicyclic) bond motifs is 1. The predicted molar refractivity (Wildman–Crippen MR) is 60.1 cm³/mol. The number of carbonyl (C=O) groups excluding carboxylic acids is 1. The minimum absolute atomic E-state index is 0.000162. The van der Waals surface area contributed by atoms with E-state index < -0.39 is 0 Å². The van der Waals surface area contributed by atoms with Gasteiger partial charge in [-0.3, -0.25) is 4.79 Å². The number of nitrogens with one attached hydrogen (secondary N) is 1. The van der Waals surface area contributed by atoms with Crippen LogP contribution in [0.4, 0.5) is 0 Å². The average molecular weight is 227 g/mol. The highest BCUT2D eigenvalue weighted by Gasteiger charge is 2.41. The van der Waals surface area contributed by atoms with Crippen LogP contribution in [0.25, 0.3) is 0 Å². The average Bonchev–Trinajstić information content (AvgIpc) is 2.58. The molecule has 1 N–H and O–H groups in total. The molecule has 2 rings (SSSR count). The van der Waals surface area contributed by atoms with Crippen LogP contribution < -0.4 is 5.32 Å². The summed E-state index contributed by atoms with van der Waals surface area (Å²) < 4.78 is 11.0. The molecule has 3 atom stereocenters. The summed E-state index contributed by atoms with van der Waals surface area (Å²) >= 11 is 0. The van der Waals surface area contributed by atoms with Gasteiger partial charge in [-0.25, -0.2) is 0 Å². The molecule has 92 valence electrons. The van der Waals surface area contributed by atoms with E-state index in [-0.39, 0.29) is 23.6 Å². The van der Waals surface area contributed by atoms with Crippen molar-refractivity contribution >= 4 is 5.97 Å². The Labute approximate surface area is 96.7 Å². The molecule has 2 aliphatic rings. The second kappa shape index (κ2) is 4.34. The van der Waals surface area contributed by atoms with Crippen molar-refractivity contribution < 1.29 is 14.3 Å². The van der Waals surface area contributed by atoms with Gasteiger partial charge in [-0.1, -0.05) is 0 Å². The van der Waals surface area contributed by atoms with E-state index in [1.165, 1.54) is 0 Å². The number of hydrogen-bond donors (Lipinski definition) is 1. The zero-order valence-corrected chi connectivity index (χ0v) is 10.3. The molecule has 3 unspecified atom stereocenters. The Kier molecular flexibility index (Phi) is 3.22. The zero-order valence-electron chi connectivity index (χ0n) is 10.3. The Morgan fingerprint density at radius 2 is 2.12 bits per heavy atom. The van der Waals surface area contributed by atoms with Crippen molar-refractivity contribution in [2.45, 2.75) is 51.4 Å². The molecular formula is C12H21NO3. The molecule has 0 aromatic carbocycles. The fourth-order valence-electron chi connectivity index (χ4n) is 2.43. The molecule has 1 saturated carbocycles. The van der Waals surface area contributed by atoms with Crippen LogP contribution in [0.2, 0.25) is 0 Å². The molecule has 16 heavy (non-hydrogen) atoms. The van der Waals surface area contributed by atoms with Crippen molar-refractivity contribution in [3.63, 3.8) is 0 Å². The summed E-state index contributed by atoms with van der Waals surface area (Å²) in [6, 6.07) is 0.339. The van der Waals surface area contributed by atoms with Gasteiger partial charge in [0.15, 0.2) is 0 Å². The molecule has 4 heteroatoms.